The van der Waals surface area contributed by atoms with Gasteiger partial charge in [-0.15, -0.1) is 0 Å². The van der Waals surface area contributed by atoms with Gasteiger partial charge < -0.3 is 19.3 Å². The molecule has 0 N–H and O–H groups in total. The lowest BCUT2D eigenvalue weighted by Crippen LogP contribution is -2.49. The number of hydrogen-bond donors (Lipinski definition) is 0. The summed E-state index contributed by atoms with van der Waals surface area (Å²) in [6, 6.07) is 8.42. The highest BCUT2D eigenvalue weighted by molar-refractivity contribution is 5.94. The molecule has 8 nitrogen and oxygen atoms in total. The van der Waals surface area contributed by atoms with Crippen LogP contribution in [0.5, 0.6) is 5.75 Å². The van der Waals surface area contributed by atoms with Crippen LogP contribution in [0.15, 0.2) is 36.7 Å². The molecule has 27 heavy (non-hydrogen) atoms. The zero-order valence-corrected chi connectivity index (χ0v) is 15.4. The molecular weight excluding hydrogens is 348 g/mol. The lowest BCUT2D eigenvalue weighted by atomic mass is 10.1. The first-order valence-electron chi connectivity index (χ1n) is 8.84. The maximum absolute atomic E-state index is 12.7. The van der Waals surface area contributed by atoms with Crippen LogP contribution in [0.3, 0.4) is 0 Å². The van der Waals surface area contributed by atoms with Crippen LogP contribution < -0.4 is 9.64 Å². The number of anilines is 1. The summed E-state index contributed by atoms with van der Waals surface area (Å²) in [6.07, 6.45) is 0.801. The Labute approximate surface area is 157 Å². The van der Waals surface area contributed by atoms with Crippen LogP contribution >= 0.6 is 0 Å². The highest BCUT2D eigenvalue weighted by Gasteiger charge is 2.23. The fraction of sp³-hybridized carbons (Fsp3) is 0.368. The summed E-state index contributed by atoms with van der Waals surface area (Å²) in [5.74, 6) is 1.18. The Bertz CT molecular complexity index is 802. The quantitative estimate of drug-likeness (QED) is 0.603. The molecule has 2 aromatic rings. The Morgan fingerprint density at radius 1 is 1.07 bits per heavy atom. The monoisotopic (exact) mass is 370 g/mol. The molecule has 1 aliphatic rings. The van der Waals surface area contributed by atoms with Crippen LogP contribution in [0.2, 0.25) is 0 Å². The third kappa shape index (κ3) is 4.72. The van der Waals surface area contributed by atoms with E-state index in [-0.39, 0.29) is 12.5 Å². The largest absolute Gasteiger partial charge is 0.513 e. The van der Waals surface area contributed by atoms with Crippen molar-refractivity contribution in [2.45, 2.75) is 13.8 Å². The number of piperazine rings is 1. The van der Waals surface area contributed by atoms with Crippen molar-refractivity contribution in [1.29, 1.82) is 0 Å². The number of ether oxygens (including phenoxy) is 2. The number of carbonyl (C=O) groups excluding carboxylic acids is 2. The van der Waals surface area contributed by atoms with Crippen molar-refractivity contribution < 1.29 is 19.1 Å². The van der Waals surface area contributed by atoms with Gasteiger partial charge in [0.25, 0.3) is 5.91 Å². The first kappa shape index (κ1) is 18.6. The summed E-state index contributed by atoms with van der Waals surface area (Å²) >= 11 is 0. The molecule has 8 heteroatoms. The van der Waals surface area contributed by atoms with E-state index < -0.39 is 6.16 Å². The lowest BCUT2D eigenvalue weighted by Gasteiger charge is -2.35. The van der Waals surface area contributed by atoms with Crippen LogP contribution in [0, 0.1) is 6.92 Å². The second-order valence-corrected chi connectivity index (χ2v) is 6.11. The van der Waals surface area contributed by atoms with Gasteiger partial charge in [-0.1, -0.05) is 0 Å². The molecule has 0 saturated carbocycles. The van der Waals surface area contributed by atoms with E-state index in [0.29, 0.717) is 37.5 Å². The summed E-state index contributed by atoms with van der Waals surface area (Å²) in [7, 11) is 0. The van der Waals surface area contributed by atoms with Gasteiger partial charge in [-0.25, -0.2) is 14.8 Å². The molecule has 0 spiro atoms. The van der Waals surface area contributed by atoms with Gasteiger partial charge in [0.1, 0.15) is 17.9 Å². The molecule has 1 saturated heterocycles. The Morgan fingerprint density at radius 2 is 1.78 bits per heavy atom. The van der Waals surface area contributed by atoms with Gasteiger partial charge >= 0.3 is 6.16 Å². The first-order valence-corrected chi connectivity index (χ1v) is 8.84. The summed E-state index contributed by atoms with van der Waals surface area (Å²) in [6.45, 7) is 6.54. The van der Waals surface area contributed by atoms with E-state index in [2.05, 4.69) is 14.9 Å². The van der Waals surface area contributed by atoms with Crippen molar-refractivity contribution >= 4 is 17.9 Å². The standard InChI is InChI=1S/C19H22N4O4/c1-3-26-19(25)27-16-6-4-15(5-7-16)18(24)23-10-8-22(9-11-23)17-12-14(2)20-13-21-17/h4-7,12-13H,3,8-11H2,1-2H3. The molecule has 1 amide bonds. The first-order chi connectivity index (χ1) is 13.1. The summed E-state index contributed by atoms with van der Waals surface area (Å²) < 4.78 is 9.73. The van der Waals surface area contributed by atoms with Gasteiger partial charge in [-0.05, 0) is 38.1 Å². The zero-order valence-electron chi connectivity index (χ0n) is 15.4. The Hall–Kier alpha value is -3.16. The number of hydrogen-bond acceptors (Lipinski definition) is 7. The molecule has 0 radical (unpaired) electrons. The highest BCUT2D eigenvalue weighted by atomic mass is 16.7. The third-order valence-electron chi connectivity index (χ3n) is 4.24. The molecule has 0 aliphatic carbocycles. The number of benzene rings is 1. The number of amides is 1. The minimum absolute atomic E-state index is 0.0452. The topological polar surface area (TPSA) is 84.9 Å². The maximum atomic E-state index is 12.7. The van der Waals surface area contributed by atoms with Crippen molar-refractivity contribution in [2.75, 3.05) is 37.7 Å². The third-order valence-corrected chi connectivity index (χ3v) is 4.24. The lowest BCUT2D eigenvalue weighted by molar-refractivity contribution is 0.0746. The fourth-order valence-electron chi connectivity index (χ4n) is 2.84. The van der Waals surface area contributed by atoms with Gasteiger partial charge in [0.2, 0.25) is 0 Å². The van der Waals surface area contributed by atoms with Crippen molar-refractivity contribution in [3.8, 4) is 5.75 Å². The summed E-state index contributed by atoms with van der Waals surface area (Å²) in [5, 5.41) is 0. The Morgan fingerprint density at radius 3 is 2.41 bits per heavy atom. The predicted molar refractivity (Wildman–Crippen MR) is 99.0 cm³/mol. The van der Waals surface area contributed by atoms with Crippen LogP contribution in [0.4, 0.5) is 10.6 Å². The van der Waals surface area contributed by atoms with Crippen LogP contribution in [-0.4, -0.2) is 59.7 Å². The second-order valence-electron chi connectivity index (χ2n) is 6.11. The fourth-order valence-corrected chi connectivity index (χ4v) is 2.84. The van der Waals surface area contributed by atoms with E-state index in [1.165, 1.54) is 0 Å². The summed E-state index contributed by atoms with van der Waals surface area (Å²) in [5.41, 5.74) is 1.47. The molecule has 1 fully saturated rings. The van der Waals surface area contributed by atoms with Crippen LogP contribution in [0.1, 0.15) is 23.0 Å². The van der Waals surface area contributed by atoms with Gasteiger partial charge in [0.15, 0.2) is 0 Å². The van der Waals surface area contributed by atoms with Gasteiger partial charge in [-0.2, -0.15) is 0 Å². The molecule has 2 heterocycles. The minimum atomic E-state index is -0.757. The van der Waals surface area contributed by atoms with Crippen molar-refractivity contribution in [1.82, 2.24) is 14.9 Å². The van der Waals surface area contributed by atoms with E-state index in [9.17, 15) is 9.59 Å². The molecule has 142 valence electrons. The molecule has 0 atom stereocenters. The van der Waals surface area contributed by atoms with E-state index >= 15 is 0 Å². The van der Waals surface area contributed by atoms with Crippen molar-refractivity contribution in [2.24, 2.45) is 0 Å². The van der Waals surface area contributed by atoms with Crippen molar-refractivity contribution in [3.63, 3.8) is 0 Å². The predicted octanol–water partition coefficient (Wildman–Crippen LogP) is 2.28. The molecular formula is C19H22N4O4. The second kappa shape index (κ2) is 8.48. The molecule has 1 aliphatic heterocycles. The Balaban J connectivity index is 1.56. The van der Waals surface area contributed by atoms with E-state index in [0.717, 1.165) is 11.5 Å². The van der Waals surface area contributed by atoms with Gasteiger partial charge in [0.05, 0.1) is 6.61 Å². The van der Waals surface area contributed by atoms with E-state index in [4.69, 9.17) is 9.47 Å². The SMILES string of the molecule is CCOC(=O)Oc1ccc(C(=O)N2CCN(c3cc(C)ncn3)CC2)cc1. The maximum Gasteiger partial charge on any atom is 0.513 e. The summed E-state index contributed by atoms with van der Waals surface area (Å²) in [4.78, 5) is 36.4. The average Bonchev–Trinajstić information content (AvgIpc) is 2.68. The number of aromatic nitrogens is 2. The molecule has 0 bridgehead atoms. The minimum Gasteiger partial charge on any atom is -0.434 e. The number of nitrogens with zero attached hydrogens (tertiary/aromatic N) is 4. The molecule has 1 aromatic carbocycles. The smallest absolute Gasteiger partial charge is 0.434 e. The number of aryl methyl sites for hydroxylation is 1. The number of carbonyl (C=O) groups is 2. The molecule has 3 rings (SSSR count). The average molecular weight is 370 g/mol. The van der Waals surface area contributed by atoms with Crippen LogP contribution in [0.25, 0.3) is 0 Å². The van der Waals surface area contributed by atoms with Gasteiger partial charge in [-0.3, -0.25) is 4.79 Å². The van der Waals surface area contributed by atoms with E-state index in [1.807, 2.05) is 17.9 Å². The molecule has 1 aromatic heterocycles. The van der Waals surface area contributed by atoms with Crippen molar-refractivity contribution in [3.05, 3.63) is 47.9 Å². The number of rotatable bonds is 4. The zero-order chi connectivity index (χ0) is 19.2. The molecule has 0 unspecified atom stereocenters. The van der Waals surface area contributed by atoms with Gasteiger partial charge in [0, 0.05) is 43.5 Å². The van der Waals surface area contributed by atoms with E-state index in [1.54, 1.807) is 37.5 Å². The Kier molecular flexibility index (Phi) is 5.85. The van der Waals surface area contributed by atoms with Crippen LogP contribution in [-0.2, 0) is 4.74 Å². The normalized spacial score (nSPS) is 14.0. The highest BCUT2D eigenvalue weighted by Crippen LogP contribution is 2.17.